The van der Waals surface area contributed by atoms with Crippen molar-refractivity contribution in [1.82, 2.24) is 4.57 Å². The van der Waals surface area contributed by atoms with Crippen LogP contribution in [0.1, 0.15) is 16.1 Å². The summed E-state index contributed by atoms with van der Waals surface area (Å²) >= 11 is 0. The SMILES string of the molecule is Cc1cc2c(C(N)=O)cccc2n1C. The minimum Gasteiger partial charge on any atom is -0.366 e. The van der Waals surface area contributed by atoms with Gasteiger partial charge >= 0.3 is 0 Å². The Bertz CT molecular complexity index is 511. The molecule has 3 nitrogen and oxygen atoms in total. The van der Waals surface area contributed by atoms with E-state index >= 15 is 0 Å². The van der Waals surface area contributed by atoms with E-state index < -0.39 is 0 Å². The van der Waals surface area contributed by atoms with E-state index in [0.717, 1.165) is 16.6 Å². The van der Waals surface area contributed by atoms with Crippen molar-refractivity contribution in [3.8, 4) is 0 Å². The molecule has 0 unspecified atom stereocenters. The number of nitrogens with zero attached hydrogens (tertiary/aromatic N) is 1. The number of fused-ring (bicyclic) bond motifs is 1. The van der Waals surface area contributed by atoms with Crippen molar-refractivity contribution in [2.24, 2.45) is 12.8 Å². The molecule has 2 rings (SSSR count). The Morgan fingerprint density at radius 2 is 2.14 bits per heavy atom. The van der Waals surface area contributed by atoms with Crippen molar-refractivity contribution in [2.45, 2.75) is 6.92 Å². The van der Waals surface area contributed by atoms with Crippen molar-refractivity contribution in [3.63, 3.8) is 0 Å². The van der Waals surface area contributed by atoms with Crippen molar-refractivity contribution < 1.29 is 4.79 Å². The zero-order valence-electron chi connectivity index (χ0n) is 8.24. The first-order chi connectivity index (χ1) is 6.61. The summed E-state index contributed by atoms with van der Waals surface area (Å²) in [7, 11) is 1.97. The van der Waals surface area contributed by atoms with E-state index in [9.17, 15) is 4.79 Å². The normalized spacial score (nSPS) is 10.7. The second-order valence-corrected chi connectivity index (χ2v) is 3.45. The second kappa shape index (κ2) is 2.87. The van der Waals surface area contributed by atoms with Gasteiger partial charge in [0.15, 0.2) is 0 Å². The number of hydrogen-bond acceptors (Lipinski definition) is 1. The average molecular weight is 188 g/mol. The molecule has 0 aliphatic rings. The van der Waals surface area contributed by atoms with Crippen LogP contribution in [-0.4, -0.2) is 10.5 Å². The standard InChI is InChI=1S/C11H12N2O/c1-7-6-9-8(11(12)14)4-3-5-10(9)13(7)2/h3-6H,1-2H3,(H2,12,14). The highest BCUT2D eigenvalue weighted by Crippen LogP contribution is 2.21. The summed E-state index contributed by atoms with van der Waals surface area (Å²) < 4.78 is 2.04. The molecule has 1 aromatic carbocycles. The largest absolute Gasteiger partial charge is 0.366 e. The predicted molar refractivity (Wildman–Crippen MR) is 56.2 cm³/mol. The number of benzene rings is 1. The molecule has 0 radical (unpaired) electrons. The number of amides is 1. The summed E-state index contributed by atoms with van der Waals surface area (Å²) in [6.07, 6.45) is 0. The topological polar surface area (TPSA) is 48.0 Å². The molecule has 0 spiro atoms. The lowest BCUT2D eigenvalue weighted by atomic mass is 10.1. The molecular formula is C11H12N2O. The van der Waals surface area contributed by atoms with E-state index in [4.69, 9.17) is 5.73 Å². The van der Waals surface area contributed by atoms with E-state index in [-0.39, 0.29) is 5.91 Å². The zero-order chi connectivity index (χ0) is 10.3. The number of carbonyl (C=O) groups is 1. The van der Waals surface area contributed by atoms with Gasteiger partial charge in [-0.3, -0.25) is 4.79 Å². The fourth-order valence-corrected chi connectivity index (χ4v) is 1.71. The van der Waals surface area contributed by atoms with Crippen LogP contribution in [0.2, 0.25) is 0 Å². The van der Waals surface area contributed by atoms with E-state index in [1.54, 1.807) is 6.07 Å². The average Bonchev–Trinajstić information content (AvgIpc) is 2.43. The van der Waals surface area contributed by atoms with E-state index in [0.29, 0.717) is 5.56 Å². The van der Waals surface area contributed by atoms with Crippen LogP contribution in [0.4, 0.5) is 0 Å². The lowest BCUT2D eigenvalue weighted by molar-refractivity contribution is 0.100. The van der Waals surface area contributed by atoms with E-state index in [1.165, 1.54) is 0 Å². The summed E-state index contributed by atoms with van der Waals surface area (Å²) in [5.41, 5.74) is 8.04. The Kier molecular flexibility index (Phi) is 1.81. The zero-order valence-corrected chi connectivity index (χ0v) is 8.24. The van der Waals surface area contributed by atoms with Crippen LogP contribution < -0.4 is 5.73 Å². The highest BCUT2D eigenvalue weighted by molar-refractivity contribution is 6.06. The monoisotopic (exact) mass is 188 g/mol. The molecule has 0 atom stereocenters. The van der Waals surface area contributed by atoms with Gasteiger partial charge in [0, 0.05) is 29.2 Å². The molecule has 14 heavy (non-hydrogen) atoms. The maximum Gasteiger partial charge on any atom is 0.249 e. The molecule has 2 N–H and O–H groups in total. The first kappa shape index (κ1) is 8.81. The maximum atomic E-state index is 11.1. The first-order valence-corrected chi connectivity index (χ1v) is 4.46. The van der Waals surface area contributed by atoms with Crippen LogP contribution in [-0.2, 0) is 7.05 Å². The van der Waals surface area contributed by atoms with Gasteiger partial charge < -0.3 is 10.3 Å². The number of aromatic nitrogens is 1. The molecule has 72 valence electrons. The number of rotatable bonds is 1. The molecule has 3 heteroatoms. The van der Waals surface area contributed by atoms with Crippen LogP contribution in [0, 0.1) is 6.92 Å². The third-order valence-corrected chi connectivity index (χ3v) is 2.59. The Morgan fingerprint density at radius 3 is 2.79 bits per heavy atom. The number of nitrogens with two attached hydrogens (primary N) is 1. The van der Waals surface area contributed by atoms with Crippen LogP contribution >= 0.6 is 0 Å². The molecule has 1 aromatic heterocycles. The summed E-state index contributed by atoms with van der Waals surface area (Å²) in [6.45, 7) is 2.00. The summed E-state index contributed by atoms with van der Waals surface area (Å²) in [5, 5.41) is 0.931. The van der Waals surface area contributed by atoms with Crippen molar-refractivity contribution in [3.05, 3.63) is 35.5 Å². The molecule has 0 fully saturated rings. The van der Waals surface area contributed by atoms with Gasteiger partial charge in [-0.15, -0.1) is 0 Å². The highest BCUT2D eigenvalue weighted by Gasteiger charge is 2.09. The molecule has 0 saturated heterocycles. The van der Waals surface area contributed by atoms with Gasteiger partial charge in [0.2, 0.25) is 5.91 Å². The second-order valence-electron chi connectivity index (χ2n) is 3.45. The number of hydrogen-bond donors (Lipinski definition) is 1. The molecule has 1 amide bonds. The Hall–Kier alpha value is -1.77. The van der Waals surface area contributed by atoms with Crippen molar-refractivity contribution in [2.75, 3.05) is 0 Å². The molecule has 0 aliphatic heterocycles. The summed E-state index contributed by atoms with van der Waals surface area (Å²) in [6, 6.07) is 7.57. The van der Waals surface area contributed by atoms with Gasteiger partial charge in [-0.1, -0.05) is 6.07 Å². The number of carbonyl (C=O) groups excluding carboxylic acids is 1. The molecule has 0 saturated carbocycles. The van der Waals surface area contributed by atoms with Crippen LogP contribution in [0.5, 0.6) is 0 Å². The molecule has 2 aromatic rings. The predicted octanol–water partition coefficient (Wildman–Crippen LogP) is 1.59. The van der Waals surface area contributed by atoms with E-state index in [2.05, 4.69) is 0 Å². The fraction of sp³-hybridized carbons (Fsp3) is 0.182. The third kappa shape index (κ3) is 1.09. The number of aryl methyl sites for hydroxylation is 2. The molecule has 0 bridgehead atoms. The fourth-order valence-electron chi connectivity index (χ4n) is 1.71. The minimum absolute atomic E-state index is 0.374. The maximum absolute atomic E-state index is 11.1. The van der Waals surface area contributed by atoms with Gasteiger partial charge in [-0.25, -0.2) is 0 Å². The smallest absolute Gasteiger partial charge is 0.249 e. The van der Waals surface area contributed by atoms with E-state index in [1.807, 2.05) is 36.7 Å². The van der Waals surface area contributed by atoms with Gasteiger partial charge in [0.25, 0.3) is 0 Å². The van der Waals surface area contributed by atoms with Gasteiger partial charge in [0.1, 0.15) is 0 Å². The highest BCUT2D eigenvalue weighted by atomic mass is 16.1. The molecular weight excluding hydrogens is 176 g/mol. The summed E-state index contributed by atoms with van der Waals surface area (Å²) in [5.74, 6) is -0.374. The van der Waals surface area contributed by atoms with Crippen LogP contribution in [0.25, 0.3) is 10.9 Å². The lowest BCUT2D eigenvalue weighted by Gasteiger charge is -2.00. The Morgan fingerprint density at radius 1 is 1.43 bits per heavy atom. The Balaban J connectivity index is 2.88. The molecule has 1 heterocycles. The lowest BCUT2D eigenvalue weighted by Crippen LogP contribution is -2.10. The Labute approximate surface area is 82.1 Å². The minimum atomic E-state index is -0.374. The summed E-state index contributed by atoms with van der Waals surface area (Å²) in [4.78, 5) is 11.1. The van der Waals surface area contributed by atoms with Gasteiger partial charge in [-0.05, 0) is 25.1 Å². The third-order valence-electron chi connectivity index (χ3n) is 2.59. The molecule has 0 aliphatic carbocycles. The van der Waals surface area contributed by atoms with Gasteiger partial charge in [-0.2, -0.15) is 0 Å². The van der Waals surface area contributed by atoms with Crippen molar-refractivity contribution >= 4 is 16.8 Å². The van der Waals surface area contributed by atoms with Crippen LogP contribution in [0.3, 0.4) is 0 Å². The number of primary amides is 1. The quantitative estimate of drug-likeness (QED) is 0.725. The van der Waals surface area contributed by atoms with Crippen molar-refractivity contribution in [1.29, 1.82) is 0 Å². The van der Waals surface area contributed by atoms with Crippen LogP contribution in [0.15, 0.2) is 24.3 Å². The van der Waals surface area contributed by atoms with Gasteiger partial charge in [0.05, 0.1) is 0 Å². The first-order valence-electron chi connectivity index (χ1n) is 4.46.